The highest BCUT2D eigenvalue weighted by Crippen LogP contribution is 2.34. The Bertz CT molecular complexity index is 1900. The first-order valence-corrected chi connectivity index (χ1v) is 13.7. The van der Waals surface area contributed by atoms with Crippen molar-refractivity contribution in [1.29, 1.82) is 0 Å². The van der Waals surface area contributed by atoms with E-state index in [0.717, 1.165) is 34.2 Å². The van der Waals surface area contributed by atoms with Crippen LogP contribution in [0.3, 0.4) is 0 Å². The number of hydrogen-bond donors (Lipinski definition) is 0. The fraction of sp³-hybridized carbons (Fsp3) is 0.111. The van der Waals surface area contributed by atoms with E-state index in [1.165, 1.54) is 27.4 Å². The largest absolute Gasteiger partial charge is 0.309 e. The molecule has 0 amide bonds. The third kappa shape index (κ3) is 4.00. The topological polar surface area (TPSA) is 35.6 Å². The summed E-state index contributed by atoms with van der Waals surface area (Å²) in [5, 5.41) is 11.9. The molecule has 7 rings (SSSR count). The van der Waals surface area contributed by atoms with Crippen LogP contribution in [0.4, 0.5) is 0 Å². The number of benzene rings is 5. The highest BCUT2D eigenvalue weighted by molar-refractivity contribution is 6.09. The van der Waals surface area contributed by atoms with Crippen LogP contribution in [0.15, 0.2) is 127 Å². The van der Waals surface area contributed by atoms with E-state index in [-0.39, 0.29) is 5.41 Å². The lowest BCUT2D eigenvalue weighted by molar-refractivity contribution is 0.590. The van der Waals surface area contributed by atoms with Crippen molar-refractivity contribution in [1.82, 2.24) is 19.3 Å². The van der Waals surface area contributed by atoms with Crippen LogP contribution >= 0.6 is 0 Å². The summed E-state index contributed by atoms with van der Waals surface area (Å²) in [6.45, 7) is 6.70. The van der Waals surface area contributed by atoms with E-state index >= 15 is 0 Å². The van der Waals surface area contributed by atoms with Gasteiger partial charge in [-0.05, 0) is 47.4 Å². The van der Waals surface area contributed by atoms with E-state index in [1.54, 1.807) is 0 Å². The average Bonchev–Trinajstić information content (AvgIpc) is 3.58. The molecule has 0 atom stereocenters. The molecule has 0 spiro atoms. The van der Waals surface area contributed by atoms with Gasteiger partial charge in [0.05, 0.1) is 11.0 Å². The Morgan fingerprint density at radius 3 is 1.43 bits per heavy atom. The van der Waals surface area contributed by atoms with Crippen LogP contribution in [0.5, 0.6) is 0 Å². The van der Waals surface area contributed by atoms with Crippen LogP contribution in [0.25, 0.3) is 56.0 Å². The van der Waals surface area contributed by atoms with E-state index in [1.807, 2.05) is 18.2 Å². The van der Waals surface area contributed by atoms with E-state index in [9.17, 15) is 0 Å². The zero-order valence-corrected chi connectivity index (χ0v) is 22.9. The van der Waals surface area contributed by atoms with E-state index in [4.69, 9.17) is 5.10 Å². The number of fused-ring (bicyclic) bond motifs is 3. The highest BCUT2D eigenvalue weighted by atomic mass is 15.3. The van der Waals surface area contributed by atoms with Gasteiger partial charge in [-0.15, -0.1) is 10.2 Å². The minimum atomic E-state index is 0.0873. The quantitative estimate of drug-likeness (QED) is 0.233. The van der Waals surface area contributed by atoms with Crippen molar-refractivity contribution in [2.24, 2.45) is 0 Å². The maximum atomic E-state index is 4.69. The predicted molar refractivity (Wildman–Crippen MR) is 165 cm³/mol. The summed E-state index contributed by atoms with van der Waals surface area (Å²) in [4.78, 5) is 0. The number of para-hydroxylation sites is 2. The Hall–Kier alpha value is -4.96. The molecule has 0 fully saturated rings. The molecule has 7 aromatic rings. The van der Waals surface area contributed by atoms with E-state index < -0.39 is 0 Å². The lowest BCUT2D eigenvalue weighted by Crippen LogP contribution is -2.10. The summed E-state index contributed by atoms with van der Waals surface area (Å²) in [5.41, 5.74) is 7.98. The van der Waals surface area contributed by atoms with Crippen molar-refractivity contribution in [3.05, 3.63) is 133 Å². The van der Waals surface area contributed by atoms with Crippen LogP contribution in [-0.4, -0.2) is 19.3 Å². The molecule has 194 valence electrons. The lowest BCUT2D eigenvalue weighted by atomic mass is 9.86. The summed E-state index contributed by atoms with van der Waals surface area (Å²) < 4.78 is 4.50. The minimum absolute atomic E-state index is 0.0873. The van der Waals surface area contributed by atoms with Gasteiger partial charge in [0.25, 0.3) is 0 Å². The van der Waals surface area contributed by atoms with Gasteiger partial charge in [-0.1, -0.05) is 112 Å². The summed E-state index contributed by atoms with van der Waals surface area (Å²) in [5.74, 6) is 1.64. The van der Waals surface area contributed by atoms with Crippen LogP contribution < -0.4 is 0 Å². The molecule has 2 aromatic heterocycles. The lowest BCUT2D eigenvalue weighted by Gasteiger charge is -2.19. The second-order valence-electron chi connectivity index (χ2n) is 11.3. The molecule has 0 bridgehead atoms. The summed E-state index contributed by atoms with van der Waals surface area (Å²) >= 11 is 0. The van der Waals surface area contributed by atoms with Crippen molar-refractivity contribution in [2.75, 3.05) is 0 Å². The number of hydrogen-bond acceptors (Lipinski definition) is 2. The second kappa shape index (κ2) is 9.35. The van der Waals surface area contributed by atoms with Gasteiger partial charge in [0, 0.05) is 33.3 Å². The Labute approximate surface area is 234 Å². The molecule has 0 saturated carbocycles. The molecule has 0 aliphatic carbocycles. The molecule has 0 aliphatic heterocycles. The maximum Gasteiger partial charge on any atom is 0.168 e. The number of rotatable bonds is 4. The standard InChI is InChI=1S/C36H30N4/c1-36(2,3)27-19-17-26(18-20-27)35-38-37-34(25-11-5-4-6-12-25)40(35)29-23-21-28(22-24-29)39-32-15-9-7-13-30(32)31-14-8-10-16-33(31)39/h4-24H,1-3H3. The number of nitrogens with zero attached hydrogens (tertiary/aromatic N) is 4. The van der Waals surface area contributed by atoms with Crippen molar-refractivity contribution in [2.45, 2.75) is 26.2 Å². The molecule has 0 saturated heterocycles. The summed E-state index contributed by atoms with van der Waals surface area (Å²) in [7, 11) is 0. The molecule has 4 nitrogen and oxygen atoms in total. The summed E-state index contributed by atoms with van der Waals surface area (Å²) in [6, 6.07) is 44.9. The van der Waals surface area contributed by atoms with Crippen LogP contribution in [-0.2, 0) is 5.41 Å². The first kappa shape index (κ1) is 24.1. The SMILES string of the molecule is CC(C)(C)c1ccc(-c2nnc(-c3ccccc3)n2-c2ccc(-n3c4ccccc4c4ccccc43)cc2)cc1. The fourth-order valence-corrected chi connectivity index (χ4v) is 5.56. The Kier molecular flexibility index (Phi) is 5.64. The average molecular weight is 519 g/mol. The van der Waals surface area contributed by atoms with E-state index in [0.29, 0.717) is 0 Å². The van der Waals surface area contributed by atoms with Crippen molar-refractivity contribution in [3.8, 4) is 34.2 Å². The molecule has 0 unspecified atom stereocenters. The van der Waals surface area contributed by atoms with Crippen molar-refractivity contribution in [3.63, 3.8) is 0 Å². The third-order valence-corrected chi connectivity index (χ3v) is 7.65. The zero-order chi connectivity index (χ0) is 27.3. The van der Waals surface area contributed by atoms with Gasteiger partial charge >= 0.3 is 0 Å². The molecule has 0 radical (unpaired) electrons. The fourth-order valence-electron chi connectivity index (χ4n) is 5.56. The van der Waals surface area contributed by atoms with Crippen LogP contribution in [0, 0.1) is 0 Å². The third-order valence-electron chi connectivity index (χ3n) is 7.65. The second-order valence-corrected chi connectivity index (χ2v) is 11.3. The molecule has 2 heterocycles. The van der Waals surface area contributed by atoms with Crippen molar-refractivity contribution >= 4 is 21.8 Å². The predicted octanol–water partition coefficient (Wildman–Crippen LogP) is 9.00. The van der Waals surface area contributed by atoms with Gasteiger partial charge in [0.2, 0.25) is 0 Å². The normalized spacial score (nSPS) is 11.9. The molecule has 40 heavy (non-hydrogen) atoms. The molecule has 4 heteroatoms. The Balaban J connectivity index is 1.38. The van der Waals surface area contributed by atoms with Gasteiger partial charge in [0.1, 0.15) is 0 Å². The first-order valence-electron chi connectivity index (χ1n) is 13.7. The van der Waals surface area contributed by atoms with Gasteiger partial charge in [0.15, 0.2) is 11.6 Å². The highest BCUT2D eigenvalue weighted by Gasteiger charge is 2.19. The molecule has 5 aromatic carbocycles. The zero-order valence-electron chi connectivity index (χ0n) is 22.9. The Morgan fingerprint density at radius 1 is 0.450 bits per heavy atom. The van der Waals surface area contributed by atoms with E-state index in [2.05, 4.69) is 144 Å². The maximum absolute atomic E-state index is 4.69. The van der Waals surface area contributed by atoms with Crippen molar-refractivity contribution < 1.29 is 0 Å². The first-order chi connectivity index (χ1) is 19.5. The van der Waals surface area contributed by atoms with Gasteiger partial charge in [-0.2, -0.15) is 0 Å². The monoisotopic (exact) mass is 518 g/mol. The Morgan fingerprint density at radius 2 is 0.900 bits per heavy atom. The molecule has 0 N–H and O–H groups in total. The number of aromatic nitrogens is 4. The smallest absolute Gasteiger partial charge is 0.168 e. The van der Waals surface area contributed by atoms with Gasteiger partial charge < -0.3 is 4.57 Å². The summed E-state index contributed by atoms with van der Waals surface area (Å²) in [6.07, 6.45) is 0. The minimum Gasteiger partial charge on any atom is -0.309 e. The molecular formula is C36H30N4. The van der Waals surface area contributed by atoms with Gasteiger partial charge in [-0.3, -0.25) is 4.57 Å². The van der Waals surface area contributed by atoms with Gasteiger partial charge in [-0.25, -0.2) is 0 Å². The molecular weight excluding hydrogens is 488 g/mol. The van der Waals surface area contributed by atoms with Crippen LogP contribution in [0.2, 0.25) is 0 Å². The molecule has 0 aliphatic rings. The van der Waals surface area contributed by atoms with Crippen LogP contribution in [0.1, 0.15) is 26.3 Å².